The number of hydrogen-bond acceptors (Lipinski definition) is 2. The van der Waals surface area contributed by atoms with Crippen LogP contribution in [-0.2, 0) is 0 Å². The molecule has 1 aliphatic carbocycles. The van der Waals surface area contributed by atoms with Crippen LogP contribution in [0.2, 0.25) is 0 Å². The monoisotopic (exact) mass is 219 g/mol. The van der Waals surface area contributed by atoms with E-state index in [9.17, 15) is 9.90 Å². The van der Waals surface area contributed by atoms with Crippen LogP contribution in [0.5, 0.6) is 0 Å². The molecule has 86 valence electrons. The summed E-state index contributed by atoms with van der Waals surface area (Å²) >= 11 is 0. The molecule has 0 radical (unpaired) electrons. The molecule has 1 fully saturated rings. The van der Waals surface area contributed by atoms with Gasteiger partial charge < -0.3 is 10.4 Å². The van der Waals surface area contributed by atoms with Crippen molar-refractivity contribution in [2.45, 2.75) is 37.8 Å². The van der Waals surface area contributed by atoms with E-state index in [-0.39, 0.29) is 18.1 Å². The van der Waals surface area contributed by atoms with E-state index in [0.29, 0.717) is 5.56 Å². The van der Waals surface area contributed by atoms with Gasteiger partial charge in [-0.25, -0.2) is 0 Å². The lowest BCUT2D eigenvalue weighted by molar-refractivity contribution is 0.0717. The summed E-state index contributed by atoms with van der Waals surface area (Å²) < 4.78 is 0. The number of rotatable bonds is 2. The predicted octanol–water partition coefficient (Wildman–Crippen LogP) is 1.72. The summed E-state index contributed by atoms with van der Waals surface area (Å²) in [6, 6.07) is 9.04. The van der Waals surface area contributed by atoms with Gasteiger partial charge in [-0.3, -0.25) is 4.79 Å². The fourth-order valence-electron chi connectivity index (χ4n) is 2.12. The highest BCUT2D eigenvalue weighted by Crippen LogP contribution is 2.18. The van der Waals surface area contributed by atoms with Crippen LogP contribution in [-0.4, -0.2) is 23.2 Å². The zero-order valence-electron chi connectivity index (χ0n) is 9.23. The number of benzene rings is 1. The molecule has 2 N–H and O–H groups in total. The highest BCUT2D eigenvalue weighted by atomic mass is 16.3. The molecular weight excluding hydrogens is 202 g/mol. The lowest BCUT2D eigenvalue weighted by Gasteiger charge is -2.28. The number of carbonyl (C=O) groups is 1. The Bertz CT molecular complexity index is 350. The average molecular weight is 219 g/mol. The van der Waals surface area contributed by atoms with Gasteiger partial charge in [0, 0.05) is 5.56 Å². The first-order valence-electron chi connectivity index (χ1n) is 5.81. The average Bonchev–Trinajstić information content (AvgIpc) is 2.33. The molecule has 16 heavy (non-hydrogen) atoms. The molecule has 0 aromatic heterocycles. The van der Waals surface area contributed by atoms with Gasteiger partial charge >= 0.3 is 0 Å². The van der Waals surface area contributed by atoms with Gasteiger partial charge in [-0.1, -0.05) is 31.0 Å². The van der Waals surface area contributed by atoms with Gasteiger partial charge in [0.2, 0.25) is 0 Å². The van der Waals surface area contributed by atoms with Crippen molar-refractivity contribution in [1.82, 2.24) is 5.32 Å². The SMILES string of the molecule is O=C(NC1CCCCC1O)c1ccccc1. The van der Waals surface area contributed by atoms with Crippen LogP contribution in [0.15, 0.2) is 30.3 Å². The van der Waals surface area contributed by atoms with Crippen LogP contribution in [0.4, 0.5) is 0 Å². The molecule has 2 rings (SSSR count). The first-order valence-corrected chi connectivity index (χ1v) is 5.81. The van der Waals surface area contributed by atoms with Crippen LogP contribution in [0.25, 0.3) is 0 Å². The van der Waals surface area contributed by atoms with Crippen molar-refractivity contribution in [3.05, 3.63) is 35.9 Å². The first kappa shape index (κ1) is 11.1. The Hall–Kier alpha value is -1.35. The Morgan fingerprint density at radius 1 is 1.19 bits per heavy atom. The minimum atomic E-state index is -0.388. The molecule has 1 aromatic carbocycles. The van der Waals surface area contributed by atoms with E-state index in [2.05, 4.69) is 5.32 Å². The zero-order chi connectivity index (χ0) is 11.4. The molecule has 0 spiro atoms. The highest BCUT2D eigenvalue weighted by molar-refractivity contribution is 5.94. The number of hydrogen-bond donors (Lipinski definition) is 2. The van der Waals surface area contributed by atoms with Crippen LogP contribution in [0.1, 0.15) is 36.0 Å². The molecule has 3 nitrogen and oxygen atoms in total. The van der Waals surface area contributed by atoms with E-state index in [1.54, 1.807) is 12.1 Å². The Labute approximate surface area is 95.5 Å². The minimum Gasteiger partial charge on any atom is -0.391 e. The molecule has 0 saturated heterocycles. The topological polar surface area (TPSA) is 49.3 Å². The lowest BCUT2D eigenvalue weighted by Crippen LogP contribution is -2.45. The van der Waals surface area contributed by atoms with Gasteiger partial charge in [-0.15, -0.1) is 0 Å². The number of aliphatic hydroxyl groups is 1. The molecule has 3 heteroatoms. The smallest absolute Gasteiger partial charge is 0.251 e. The minimum absolute atomic E-state index is 0.0820. The molecule has 2 atom stereocenters. The summed E-state index contributed by atoms with van der Waals surface area (Å²) in [5.74, 6) is -0.0912. The van der Waals surface area contributed by atoms with Crippen LogP contribution < -0.4 is 5.32 Å². The van der Waals surface area contributed by atoms with Crippen molar-refractivity contribution < 1.29 is 9.90 Å². The van der Waals surface area contributed by atoms with Gasteiger partial charge in [-0.05, 0) is 25.0 Å². The van der Waals surface area contributed by atoms with Crippen molar-refractivity contribution in [2.24, 2.45) is 0 Å². The van der Waals surface area contributed by atoms with Crippen LogP contribution in [0.3, 0.4) is 0 Å². The Kier molecular flexibility index (Phi) is 3.57. The summed E-state index contributed by atoms with van der Waals surface area (Å²) in [7, 11) is 0. The second-order valence-corrected chi connectivity index (χ2v) is 4.30. The van der Waals surface area contributed by atoms with Crippen molar-refractivity contribution >= 4 is 5.91 Å². The van der Waals surface area contributed by atoms with Crippen molar-refractivity contribution in [1.29, 1.82) is 0 Å². The Morgan fingerprint density at radius 3 is 2.56 bits per heavy atom. The molecule has 2 unspecified atom stereocenters. The third kappa shape index (κ3) is 2.61. The molecule has 1 saturated carbocycles. The van der Waals surface area contributed by atoms with Gasteiger partial charge in [0.25, 0.3) is 5.91 Å². The first-order chi connectivity index (χ1) is 7.77. The lowest BCUT2D eigenvalue weighted by atomic mass is 9.92. The highest BCUT2D eigenvalue weighted by Gasteiger charge is 2.24. The summed E-state index contributed by atoms with van der Waals surface area (Å²) in [5, 5.41) is 12.6. The molecule has 0 bridgehead atoms. The Balaban J connectivity index is 1.96. The maximum atomic E-state index is 11.8. The van der Waals surface area contributed by atoms with E-state index < -0.39 is 0 Å². The standard InChI is InChI=1S/C13H17NO2/c15-12-9-5-4-8-11(12)14-13(16)10-6-2-1-3-7-10/h1-3,6-7,11-12,15H,4-5,8-9H2,(H,14,16). The second-order valence-electron chi connectivity index (χ2n) is 4.30. The number of aliphatic hydroxyl groups excluding tert-OH is 1. The Morgan fingerprint density at radius 2 is 1.88 bits per heavy atom. The van der Waals surface area contributed by atoms with E-state index in [1.807, 2.05) is 18.2 Å². The van der Waals surface area contributed by atoms with Crippen molar-refractivity contribution in [2.75, 3.05) is 0 Å². The molecule has 1 aliphatic rings. The fourth-order valence-corrected chi connectivity index (χ4v) is 2.12. The van der Waals surface area contributed by atoms with E-state index in [4.69, 9.17) is 0 Å². The van der Waals surface area contributed by atoms with E-state index >= 15 is 0 Å². The quantitative estimate of drug-likeness (QED) is 0.795. The number of amides is 1. The van der Waals surface area contributed by atoms with Crippen molar-refractivity contribution in [3.8, 4) is 0 Å². The molecular formula is C13H17NO2. The predicted molar refractivity (Wildman–Crippen MR) is 62.2 cm³/mol. The summed E-state index contributed by atoms with van der Waals surface area (Å²) in [6.45, 7) is 0. The largest absolute Gasteiger partial charge is 0.391 e. The second kappa shape index (κ2) is 5.12. The molecule has 1 aromatic rings. The van der Waals surface area contributed by atoms with Gasteiger partial charge in [0.1, 0.15) is 0 Å². The third-order valence-electron chi connectivity index (χ3n) is 3.08. The zero-order valence-corrected chi connectivity index (χ0v) is 9.23. The van der Waals surface area contributed by atoms with Crippen molar-refractivity contribution in [3.63, 3.8) is 0 Å². The fraction of sp³-hybridized carbons (Fsp3) is 0.462. The molecule has 1 amide bonds. The van der Waals surface area contributed by atoms with Gasteiger partial charge in [0.05, 0.1) is 12.1 Å². The maximum Gasteiger partial charge on any atom is 0.251 e. The summed E-state index contributed by atoms with van der Waals surface area (Å²) in [5.41, 5.74) is 0.653. The molecule has 0 heterocycles. The summed E-state index contributed by atoms with van der Waals surface area (Å²) in [6.07, 6.45) is 3.41. The summed E-state index contributed by atoms with van der Waals surface area (Å²) in [4.78, 5) is 11.8. The van der Waals surface area contributed by atoms with Gasteiger partial charge in [-0.2, -0.15) is 0 Å². The molecule has 0 aliphatic heterocycles. The van der Waals surface area contributed by atoms with E-state index in [0.717, 1.165) is 25.7 Å². The van der Waals surface area contributed by atoms with Crippen LogP contribution >= 0.6 is 0 Å². The van der Waals surface area contributed by atoms with E-state index in [1.165, 1.54) is 0 Å². The number of carbonyl (C=O) groups excluding carboxylic acids is 1. The normalized spacial score (nSPS) is 25.1. The number of nitrogens with one attached hydrogen (secondary N) is 1. The van der Waals surface area contributed by atoms with Crippen LogP contribution in [0, 0.1) is 0 Å². The van der Waals surface area contributed by atoms with Gasteiger partial charge in [0.15, 0.2) is 0 Å². The maximum absolute atomic E-state index is 11.8. The third-order valence-corrected chi connectivity index (χ3v) is 3.08.